The van der Waals surface area contributed by atoms with Gasteiger partial charge in [-0.2, -0.15) is 0 Å². The van der Waals surface area contributed by atoms with Gasteiger partial charge in [-0.1, -0.05) is 6.07 Å². The van der Waals surface area contributed by atoms with Gasteiger partial charge in [0.15, 0.2) is 6.29 Å². The van der Waals surface area contributed by atoms with E-state index in [1.54, 1.807) is 18.2 Å². The van der Waals surface area contributed by atoms with Crippen molar-refractivity contribution in [1.82, 2.24) is 5.32 Å². The molecular formula is C14H21NO4. The van der Waals surface area contributed by atoms with Crippen molar-refractivity contribution in [2.75, 3.05) is 20.8 Å². The number of carbonyl (C=O) groups excluding carboxylic acids is 1. The van der Waals surface area contributed by atoms with E-state index in [0.29, 0.717) is 17.9 Å². The second-order valence-electron chi connectivity index (χ2n) is 4.31. The van der Waals surface area contributed by atoms with Crippen molar-refractivity contribution in [3.8, 4) is 5.75 Å². The standard InChI is InChI=1S/C14H21NO4/c1-10(2)19-12-7-5-6-11(8-12)14(16)15-9-13(17-3)18-4/h5-8,10,13H,9H2,1-4H3,(H,15,16). The molecule has 0 aliphatic heterocycles. The Morgan fingerprint density at radius 2 is 1.95 bits per heavy atom. The minimum Gasteiger partial charge on any atom is -0.491 e. The Bertz CT molecular complexity index is 402. The fourth-order valence-electron chi connectivity index (χ4n) is 1.52. The number of ether oxygens (including phenoxy) is 3. The molecule has 1 N–H and O–H groups in total. The second kappa shape index (κ2) is 7.76. The number of nitrogens with one attached hydrogen (secondary N) is 1. The molecule has 0 radical (unpaired) electrons. The van der Waals surface area contributed by atoms with Crippen LogP contribution < -0.4 is 10.1 Å². The van der Waals surface area contributed by atoms with Gasteiger partial charge in [-0.3, -0.25) is 4.79 Å². The molecule has 0 aliphatic carbocycles. The lowest BCUT2D eigenvalue weighted by atomic mass is 10.2. The summed E-state index contributed by atoms with van der Waals surface area (Å²) in [5.41, 5.74) is 0.545. The topological polar surface area (TPSA) is 56.8 Å². The summed E-state index contributed by atoms with van der Waals surface area (Å²) in [5.74, 6) is 0.492. The molecule has 0 saturated carbocycles. The second-order valence-corrected chi connectivity index (χ2v) is 4.31. The predicted molar refractivity (Wildman–Crippen MR) is 72.3 cm³/mol. The molecule has 0 saturated heterocycles. The molecule has 0 bridgehead atoms. The summed E-state index contributed by atoms with van der Waals surface area (Å²) in [5, 5.41) is 2.74. The predicted octanol–water partition coefficient (Wildman–Crippen LogP) is 1.82. The van der Waals surface area contributed by atoms with Gasteiger partial charge in [0.2, 0.25) is 0 Å². The molecular weight excluding hydrogens is 246 g/mol. The minimum atomic E-state index is -0.445. The van der Waals surface area contributed by atoms with E-state index in [2.05, 4.69) is 5.32 Å². The number of amides is 1. The Kier molecular flexibility index (Phi) is 6.32. The summed E-state index contributed by atoms with van der Waals surface area (Å²) in [7, 11) is 3.05. The number of methoxy groups -OCH3 is 2. The van der Waals surface area contributed by atoms with Crippen LogP contribution in [-0.4, -0.2) is 39.1 Å². The van der Waals surface area contributed by atoms with Crippen molar-refractivity contribution in [3.63, 3.8) is 0 Å². The van der Waals surface area contributed by atoms with Gasteiger partial charge >= 0.3 is 0 Å². The molecule has 0 unspecified atom stereocenters. The highest BCUT2D eigenvalue weighted by atomic mass is 16.7. The first-order valence-electron chi connectivity index (χ1n) is 6.17. The molecule has 1 rings (SSSR count). The molecule has 5 nitrogen and oxygen atoms in total. The summed E-state index contributed by atoms with van der Waals surface area (Å²) in [6.07, 6.45) is -0.372. The van der Waals surface area contributed by atoms with Gasteiger partial charge in [0.25, 0.3) is 5.91 Å². The first-order chi connectivity index (χ1) is 9.06. The van der Waals surface area contributed by atoms with Gasteiger partial charge in [-0.05, 0) is 32.0 Å². The van der Waals surface area contributed by atoms with Crippen LogP contribution in [-0.2, 0) is 9.47 Å². The molecule has 0 aliphatic rings. The van der Waals surface area contributed by atoms with Crippen LogP contribution in [0.1, 0.15) is 24.2 Å². The Morgan fingerprint density at radius 1 is 1.26 bits per heavy atom. The lowest BCUT2D eigenvalue weighted by Gasteiger charge is -2.14. The van der Waals surface area contributed by atoms with Gasteiger partial charge in [0.05, 0.1) is 12.6 Å². The maximum Gasteiger partial charge on any atom is 0.251 e. The van der Waals surface area contributed by atoms with E-state index < -0.39 is 6.29 Å². The van der Waals surface area contributed by atoms with E-state index in [0.717, 1.165) is 0 Å². The smallest absolute Gasteiger partial charge is 0.251 e. The summed E-state index contributed by atoms with van der Waals surface area (Å²) in [6, 6.07) is 7.06. The molecule has 0 spiro atoms. The lowest BCUT2D eigenvalue weighted by Crippen LogP contribution is -2.34. The molecule has 0 atom stereocenters. The SMILES string of the molecule is COC(CNC(=O)c1cccc(OC(C)C)c1)OC. The first kappa shape index (κ1) is 15.5. The molecule has 0 heterocycles. The third kappa shape index (κ3) is 5.28. The molecule has 19 heavy (non-hydrogen) atoms. The summed E-state index contributed by atoms with van der Waals surface area (Å²) >= 11 is 0. The fraction of sp³-hybridized carbons (Fsp3) is 0.500. The zero-order valence-electron chi connectivity index (χ0n) is 11.8. The van der Waals surface area contributed by atoms with Crippen LogP contribution in [0.3, 0.4) is 0 Å². The van der Waals surface area contributed by atoms with Crippen molar-refractivity contribution >= 4 is 5.91 Å². The maximum atomic E-state index is 11.9. The largest absolute Gasteiger partial charge is 0.491 e. The Balaban J connectivity index is 2.61. The maximum absolute atomic E-state index is 11.9. The number of rotatable bonds is 7. The molecule has 1 amide bonds. The number of carbonyl (C=O) groups is 1. The van der Waals surface area contributed by atoms with Crippen molar-refractivity contribution in [1.29, 1.82) is 0 Å². The van der Waals surface area contributed by atoms with Gasteiger partial charge < -0.3 is 19.5 Å². The van der Waals surface area contributed by atoms with Gasteiger partial charge in [0.1, 0.15) is 5.75 Å². The van der Waals surface area contributed by atoms with Crippen molar-refractivity contribution < 1.29 is 19.0 Å². The van der Waals surface area contributed by atoms with E-state index in [4.69, 9.17) is 14.2 Å². The van der Waals surface area contributed by atoms with Gasteiger partial charge in [-0.25, -0.2) is 0 Å². The quantitative estimate of drug-likeness (QED) is 0.766. The normalized spacial score (nSPS) is 10.8. The van der Waals surface area contributed by atoms with Crippen LogP contribution in [0.4, 0.5) is 0 Å². The third-order valence-corrected chi connectivity index (χ3v) is 2.42. The molecule has 1 aromatic carbocycles. The number of hydrogen-bond acceptors (Lipinski definition) is 4. The molecule has 1 aromatic rings. The molecule has 106 valence electrons. The van der Waals surface area contributed by atoms with E-state index in [9.17, 15) is 4.79 Å². The number of hydrogen-bond donors (Lipinski definition) is 1. The van der Waals surface area contributed by atoms with E-state index >= 15 is 0 Å². The summed E-state index contributed by atoms with van der Waals surface area (Å²) < 4.78 is 15.5. The minimum absolute atomic E-state index is 0.0738. The molecule has 5 heteroatoms. The Morgan fingerprint density at radius 3 is 2.53 bits per heavy atom. The van der Waals surface area contributed by atoms with Gasteiger partial charge in [0, 0.05) is 19.8 Å². The van der Waals surface area contributed by atoms with E-state index in [1.165, 1.54) is 14.2 Å². The van der Waals surface area contributed by atoms with E-state index in [-0.39, 0.29) is 12.0 Å². The highest BCUT2D eigenvalue weighted by molar-refractivity contribution is 5.94. The van der Waals surface area contributed by atoms with Crippen LogP contribution >= 0.6 is 0 Å². The van der Waals surface area contributed by atoms with Crippen LogP contribution in [0, 0.1) is 0 Å². The lowest BCUT2D eigenvalue weighted by molar-refractivity contribution is -0.0974. The highest BCUT2D eigenvalue weighted by Crippen LogP contribution is 2.14. The number of benzene rings is 1. The summed E-state index contributed by atoms with van der Waals surface area (Å²) in [4.78, 5) is 11.9. The monoisotopic (exact) mass is 267 g/mol. The van der Waals surface area contributed by atoms with Crippen LogP contribution in [0.5, 0.6) is 5.75 Å². The fourth-order valence-corrected chi connectivity index (χ4v) is 1.52. The average molecular weight is 267 g/mol. The van der Waals surface area contributed by atoms with Crippen LogP contribution in [0.15, 0.2) is 24.3 Å². The summed E-state index contributed by atoms with van der Waals surface area (Å²) in [6.45, 7) is 4.17. The third-order valence-electron chi connectivity index (χ3n) is 2.42. The van der Waals surface area contributed by atoms with E-state index in [1.807, 2.05) is 19.9 Å². The zero-order valence-corrected chi connectivity index (χ0v) is 11.8. The zero-order chi connectivity index (χ0) is 14.3. The van der Waals surface area contributed by atoms with Gasteiger partial charge in [-0.15, -0.1) is 0 Å². The van der Waals surface area contributed by atoms with Crippen molar-refractivity contribution in [3.05, 3.63) is 29.8 Å². The highest BCUT2D eigenvalue weighted by Gasteiger charge is 2.10. The Labute approximate surface area is 113 Å². The first-order valence-corrected chi connectivity index (χ1v) is 6.17. The van der Waals surface area contributed by atoms with Crippen molar-refractivity contribution in [2.24, 2.45) is 0 Å². The average Bonchev–Trinajstić information content (AvgIpc) is 2.39. The van der Waals surface area contributed by atoms with Crippen molar-refractivity contribution in [2.45, 2.75) is 26.2 Å². The Hall–Kier alpha value is -1.59. The molecule has 0 aromatic heterocycles. The van der Waals surface area contributed by atoms with Crippen LogP contribution in [0.25, 0.3) is 0 Å². The molecule has 0 fully saturated rings. The van der Waals surface area contributed by atoms with Crippen LogP contribution in [0.2, 0.25) is 0 Å².